The molecule has 0 fully saturated rings. The van der Waals surface area contributed by atoms with E-state index in [0.717, 1.165) is 40.9 Å². The molecule has 33 heavy (non-hydrogen) atoms. The summed E-state index contributed by atoms with van der Waals surface area (Å²) in [5.41, 5.74) is 4.75. The van der Waals surface area contributed by atoms with E-state index in [2.05, 4.69) is 29.4 Å². The van der Waals surface area contributed by atoms with Crippen molar-refractivity contribution >= 4 is 23.4 Å². The fourth-order valence-corrected chi connectivity index (χ4v) is 4.42. The van der Waals surface area contributed by atoms with Crippen molar-refractivity contribution in [1.29, 1.82) is 0 Å². The third kappa shape index (κ3) is 5.14. The number of thioether (sulfide) groups is 1. The van der Waals surface area contributed by atoms with Crippen molar-refractivity contribution in [2.75, 3.05) is 11.1 Å². The van der Waals surface area contributed by atoms with Crippen LogP contribution in [0.1, 0.15) is 25.0 Å². The number of rotatable bonds is 8. The molecule has 1 aromatic heterocycles. The lowest BCUT2D eigenvalue weighted by molar-refractivity contribution is -0.113. The SMILES string of the molecule is CCc1cccc(CC)c1NC(=O)CSc1nnc(-c2ccccc2)n1-c1ccc(F)cc1. The maximum absolute atomic E-state index is 13.5. The van der Waals surface area contributed by atoms with Gasteiger partial charge in [-0.3, -0.25) is 9.36 Å². The summed E-state index contributed by atoms with van der Waals surface area (Å²) in [6.45, 7) is 4.16. The molecular formula is C26H25FN4OS. The Hall–Kier alpha value is -3.45. The lowest BCUT2D eigenvalue weighted by Crippen LogP contribution is -2.17. The second-order valence-electron chi connectivity index (χ2n) is 7.48. The Morgan fingerprint density at radius 3 is 2.21 bits per heavy atom. The summed E-state index contributed by atoms with van der Waals surface area (Å²) in [7, 11) is 0. The van der Waals surface area contributed by atoms with Crippen LogP contribution in [-0.2, 0) is 17.6 Å². The molecule has 0 aliphatic carbocycles. The molecule has 1 N–H and O–H groups in total. The van der Waals surface area contributed by atoms with Crippen molar-refractivity contribution < 1.29 is 9.18 Å². The first kappa shape index (κ1) is 22.7. The van der Waals surface area contributed by atoms with Gasteiger partial charge in [-0.2, -0.15) is 0 Å². The number of carbonyl (C=O) groups excluding carboxylic acids is 1. The Bertz CT molecular complexity index is 1220. The molecule has 7 heteroatoms. The molecule has 0 atom stereocenters. The molecule has 0 saturated carbocycles. The smallest absolute Gasteiger partial charge is 0.234 e. The largest absolute Gasteiger partial charge is 0.325 e. The van der Waals surface area contributed by atoms with Gasteiger partial charge in [0.25, 0.3) is 0 Å². The number of amides is 1. The summed E-state index contributed by atoms with van der Waals surface area (Å²) < 4.78 is 15.4. The predicted octanol–water partition coefficient (Wildman–Crippen LogP) is 5.93. The van der Waals surface area contributed by atoms with Gasteiger partial charge in [0.05, 0.1) is 5.75 Å². The van der Waals surface area contributed by atoms with Gasteiger partial charge in [0.1, 0.15) is 5.82 Å². The Balaban J connectivity index is 1.60. The van der Waals surface area contributed by atoms with E-state index in [4.69, 9.17) is 0 Å². The van der Waals surface area contributed by atoms with Crippen LogP contribution in [0.5, 0.6) is 0 Å². The van der Waals surface area contributed by atoms with E-state index in [1.165, 1.54) is 23.9 Å². The van der Waals surface area contributed by atoms with Gasteiger partial charge in [-0.1, -0.05) is 74.1 Å². The molecule has 0 bridgehead atoms. The highest BCUT2D eigenvalue weighted by Gasteiger charge is 2.18. The van der Waals surface area contributed by atoms with Gasteiger partial charge in [0, 0.05) is 16.9 Å². The third-order valence-electron chi connectivity index (χ3n) is 5.35. The van der Waals surface area contributed by atoms with Gasteiger partial charge in [0.15, 0.2) is 11.0 Å². The molecule has 0 saturated heterocycles. The number of carbonyl (C=O) groups is 1. The average Bonchev–Trinajstić information content (AvgIpc) is 3.28. The minimum atomic E-state index is -0.317. The van der Waals surface area contributed by atoms with Gasteiger partial charge >= 0.3 is 0 Å². The van der Waals surface area contributed by atoms with Crippen molar-refractivity contribution in [3.63, 3.8) is 0 Å². The van der Waals surface area contributed by atoms with E-state index in [9.17, 15) is 9.18 Å². The van der Waals surface area contributed by atoms with Crippen LogP contribution in [0.3, 0.4) is 0 Å². The van der Waals surface area contributed by atoms with E-state index < -0.39 is 0 Å². The van der Waals surface area contributed by atoms with Crippen molar-refractivity contribution in [2.45, 2.75) is 31.8 Å². The molecule has 1 heterocycles. The summed E-state index contributed by atoms with van der Waals surface area (Å²) in [6, 6.07) is 21.9. The summed E-state index contributed by atoms with van der Waals surface area (Å²) >= 11 is 1.30. The van der Waals surface area contributed by atoms with Gasteiger partial charge in [-0.05, 0) is 48.2 Å². The second kappa shape index (κ2) is 10.4. The maximum Gasteiger partial charge on any atom is 0.234 e. The quantitative estimate of drug-likeness (QED) is 0.331. The first-order chi connectivity index (χ1) is 16.1. The van der Waals surface area contributed by atoms with E-state index in [0.29, 0.717) is 11.0 Å². The molecule has 0 radical (unpaired) electrons. The number of halogens is 1. The fraction of sp³-hybridized carbons (Fsp3) is 0.192. The third-order valence-corrected chi connectivity index (χ3v) is 6.27. The van der Waals surface area contributed by atoms with Crippen molar-refractivity contribution in [3.05, 3.63) is 89.7 Å². The van der Waals surface area contributed by atoms with Gasteiger partial charge in [-0.15, -0.1) is 10.2 Å². The van der Waals surface area contributed by atoms with Gasteiger partial charge in [0.2, 0.25) is 5.91 Å². The topological polar surface area (TPSA) is 59.8 Å². The molecule has 168 valence electrons. The minimum absolute atomic E-state index is 0.106. The van der Waals surface area contributed by atoms with Crippen LogP contribution in [0.15, 0.2) is 78.0 Å². The number of nitrogens with zero attached hydrogens (tertiary/aromatic N) is 3. The number of aryl methyl sites for hydroxylation is 2. The number of aromatic nitrogens is 3. The molecule has 0 unspecified atom stereocenters. The Kier molecular flexibility index (Phi) is 7.19. The molecule has 0 aliphatic rings. The number of hydrogen-bond acceptors (Lipinski definition) is 4. The molecular weight excluding hydrogens is 435 g/mol. The van der Waals surface area contributed by atoms with E-state index >= 15 is 0 Å². The molecule has 0 aliphatic heterocycles. The minimum Gasteiger partial charge on any atom is -0.325 e. The highest BCUT2D eigenvalue weighted by atomic mass is 32.2. The van der Waals surface area contributed by atoms with Crippen LogP contribution >= 0.6 is 11.8 Å². The summed E-state index contributed by atoms with van der Waals surface area (Å²) in [5.74, 6) is 0.387. The first-order valence-corrected chi connectivity index (χ1v) is 11.9. The number of nitrogens with one attached hydrogen (secondary N) is 1. The highest BCUT2D eigenvalue weighted by molar-refractivity contribution is 7.99. The van der Waals surface area contributed by atoms with Crippen LogP contribution in [0.4, 0.5) is 10.1 Å². The maximum atomic E-state index is 13.5. The van der Waals surface area contributed by atoms with Crippen molar-refractivity contribution in [3.8, 4) is 17.1 Å². The number of benzene rings is 3. The first-order valence-electron chi connectivity index (χ1n) is 10.9. The molecule has 5 nitrogen and oxygen atoms in total. The Morgan fingerprint density at radius 1 is 0.909 bits per heavy atom. The van der Waals surface area contributed by atoms with Crippen molar-refractivity contribution in [2.24, 2.45) is 0 Å². The summed E-state index contributed by atoms with van der Waals surface area (Å²) in [4.78, 5) is 12.9. The lowest BCUT2D eigenvalue weighted by atomic mass is 10.0. The van der Waals surface area contributed by atoms with Crippen LogP contribution in [0.2, 0.25) is 0 Å². The Morgan fingerprint density at radius 2 is 1.58 bits per heavy atom. The average molecular weight is 461 g/mol. The van der Waals surface area contributed by atoms with Gasteiger partial charge in [-0.25, -0.2) is 4.39 Å². The number of anilines is 1. The zero-order valence-corrected chi connectivity index (χ0v) is 19.4. The van der Waals surface area contributed by atoms with Gasteiger partial charge < -0.3 is 5.32 Å². The number of para-hydroxylation sites is 1. The summed E-state index contributed by atoms with van der Waals surface area (Å²) in [5, 5.41) is 12.4. The second-order valence-corrected chi connectivity index (χ2v) is 8.42. The van der Waals surface area contributed by atoms with Crippen LogP contribution < -0.4 is 5.32 Å². The molecule has 4 rings (SSSR count). The van der Waals surface area contributed by atoms with E-state index in [-0.39, 0.29) is 17.5 Å². The number of hydrogen-bond donors (Lipinski definition) is 1. The highest BCUT2D eigenvalue weighted by Crippen LogP contribution is 2.29. The zero-order valence-electron chi connectivity index (χ0n) is 18.6. The molecule has 1 amide bonds. The van der Waals surface area contributed by atoms with E-state index in [1.807, 2.05) is 53.1 Å². The molecule has 4 aromatic rings. The monoisotopic (exact) mass is 460 g/mol. The molecule has 3 aromatic carbocycles. The lowest BCUT2D eigenvalue weighted by Gasteiger charge is -2.14. The van der Waals surface area contributed by atoms with E-state index in [1.54, 1.807) is 12.1 Å². The fourth-order valence-electron chi connectivity index (χ4n) is 3.67. The normalized spacial score (nSPS) is 10.9. The zero-order chi connectivity index (χ0) is 23.2. The summed E-state index contributed by atoms with van der Waals surface area (Å²) in [6.07, 6.45) is 1.69. The molecule has 0 spiro atoms. The van der Waals surface area contributed by atoms with Crippen LogP contribution in [0, 0.1) is 5.82 Å². The van der Waals surface area contributed by atoms with Crippen LogP contribution in [-0.4, -0.2) is 26.4 Å². The van der Waals surface area contributed by atoms with Crippen LogP contribution in [0.25, 0.3) is 17.1 Å². The van der Waals surface area contributed by atoms with Crippen molar-refractivity contribution in [1.82, 2.24) is 14.8 Å². The Labute approximate surface area is 197 Å². The standard InChI is InChI=1S/C26H25FN4OS/c1-3-18-11-8-12-19(4-2)24(18)28-23(32)17-33-26-30-29-25(20-9-6-5-7-10-20)31(26)22-15-13-21(27)14-16-22/h5-16H,3-4,17H2,1-2H3,(H,28,32). The predicted molar refractivity (Wildman–Crippen MR) is 131 cm³/mol.